The molecule has 6 heteroatoms. The number of hydrogen-bond acceptors (Lipinski definition) is 5. The normalized spacial score (nSPS) is 20.7. The van der Waals surface area contributed by atoms with Crippen LogP contribution in [0.3, 0.4) is 0 Å². The molecule has 2 atom stereocenters. The molecular formula is C22H25NO5. The molecule has 0 unspecified atom stereocenters. The molecule has 2 N–H and O–H groups in total. The van der Waals surface area contributed by atoms with Crippen LogP contribution in [0.2, 0.25) is 0 Å². The van der Waals surface area contributed by atoms with E-state index in [1.165, 1.54) is 0 Å². The summed E-state index contributed by atoms with van der Waals surface area (Å²) >= 11 is 0. The second kappa shape index (κ2) is 8.89. The highest BCUT2D eigenvalue weighted by Gasteiger charge is 2.41. The van der Waals surface area contributed by atoms with E-state index in [0.29, 0.717) is 12.0 Å². The SMILES string of the molecule is CCOC(=O)C[C@@]1(O)C[C@@H](NC(=O)OCc2ccccc2)Cc2ccccc21. The number of esters is 1. The molecule has 0 radical (unpaired) electrons. The van der Waals surface area contributed by atoms with Gasteiger partial charge in [0, 0.05) is 12.5 Å². The van der Waals surface area contributed by atoms with E-state index in [0.717, 1.165) is 11.1 Å². The Kier molecular flexibility index (Phi) is 6.31. The van der Waals surface area contributed by atoms with Crippen molar-refractivity contribution in [2.75, 3.05) is 6.61 Å². The van der Waals surface area contributed by atoms with Gasteiger partial charge in [-0.05, 0) is 30.0 Å². The quantitative estimate of drug-likeness (QED) is 0.749. The van der Waals surface area contributed by atoms with Crippen molar-refractivity contribution in [1.29, 1.82) is 0 Å². The lowest BCUT2D eigenvalue weighted by molar-refractivity contribution is -0.150. The Bertz CT molecular complexity index is 823. The van der Waals surface area contributed by atoms with E-state index < -0.39 is 17.7 Å². The smallest absolute Gasteiger partial charge is 0.407 e. The van der Waals surface area contributed by atoms with Crippen molar-refractivity contribution in [3.05, 3.63) is 71.3 Å². The van der Waals surface area contributed by atoms with Crippen molar-refractivity contribution in [3.63, 3.8) is 0 Å². The number of ether oxygens (including phenoxy) is 2. The molecule has 6 nitrogen and oxygen atoms in total. The number of amides is 1. The van der Waals surface area contributed by atoms with Crippen LogP contribution in [0.5, 0.6) is 0 Å². The highest BCUT2D eigenvalue weighted by atomic mass is 16.5. The van der Waals surface area contributed by atoms with Crippen LogP contribution < -0.4 is 5.32 Å². The first-order chi connectivity index (χ1) is 13.5. The molecule has 1 amide bonds. The van der Waals surface area contributed by atoms with Crippen LogP contribution in [-0.4, -0.2) is 29.8 Å². The highest BCUT2D eigenvalue weighted by Crippen LogP contribution is 2.38. The lowest BCUT2D eigenvalue weighted by Crippen LogP contribution is -2.47. The molecule has 28 heavy (non-hydrogen) atoms. The van der Waals surface area contributed by atoms with Gasteiger partial charge in [0.2, 0.25) is 0 Å². The van der Waals surface area contributed by atoms with Crippen LogP contribution in [-0.2, 0) is 32.9 Å². The second-order valence-electron chi connectivity index (χ2n) is 6.98. The van der Waals surface area contributed by atoms with Gasteiger partial charge in [0.05, 0.1) is 13.0 Å². The van der Waals surface area contributed by atoms with Crippen LogP contribution in [0, 0.1) is 0 Å². The average molecular weight is 383 g/mol. The second-order valence-corrected chi connectivity index (χ2v) is 6.98. The number of carbonyl (C=O) groups is 2. The molecule has 0 aromatic heterocycles. The van der Waals surface area contributed by atoms with Crippen molar-refractivity contribution >= 4 is 12.1 Å². The number of hydrogen-bond donors (Lipinski definition) is 2. The first kappa shape index (κ1) is 19.9. The molecular weight excluding hydrogens is 358 g/mol. The summed E-state index contributed by atoms with van der Waals surface area (Å²) in [5, 5.41) is 14.0. The van der Waals surface area contributed by atoms with Crippen molar-refractivity contribution < 1.29 is 24.2 Å². The first-order valence-electron chi connectivity index (χ1n) is 9.44. The molecule has 1 aliphatic carbocycles. The zero-order chi connectivity index (χ0) is 20.0. The molecule has 2 aromatic rings. The van der Waals surface area contributed by atoms with E-state index in [2.05, 4.69) is 5.32 Å². The van der Waals surface area contributed by atoms with Crippen molar-refractivity contribution in [2.45, 2.75) is 44.4 Å². The van der Waals surface area contributed by atoms with E-state index in [1.54, 1.807) is 6.92 Å². The molecule has 0 aliphatic heterocycles. The monoisotopic (exact) mass is 383 g/mol. The molecule has 0 fully saturated rings. The molecule has 1 aliphatic rings. The summed E-state index contributed by atoms with van der Waals surface area (Å²) in [7, 11) is 0. The Hall–Kier alpha value is -2.86. The maximum atomic E-state index is 12.2. The maximum Gasteiger partial charge on any atom is 0.407 e. The number of carbonyl (C=O) groups excluding carboxylic acids is 2. The maximum absolute atomic E-state index is 12.2. The molecule has 148 valence electrons. The van der Waals surface area contributed by atoms with Gasteiger partial charge in [0.1, 0.15) is 12.2 Å². The largest absolute Gasteiger partial charge is 0.466 e. The fraction of sp³-hybridized carbons (Fsp3) is 0.364. The zero-order valence-corrected chi connectivity index (χ0v) is 15.9. The Balaban J connectivity index is 1.67. The topological polar surface area (TPSA) is 84.9 Å². The van der Waals surface area contributed by atoms with Gasteiger partial charge in [-0.25, -0.2) is 4.79 Å². The Morgan fingerprint density at radius 2 is 1.82 bits per heavy atom. The Morgan fingerprint density at radius 3 is 2.57 bits per heavy atom. The van der Waals surface area contributed by atoms with Crippen LogP contribution >= 0.6 is 0 Å². The zero-order valence-electron chi connectivity index (χ0n) is 15.9. The van der Waals surface area contributed by atoms with E-state index in [1.807, 2.05) is 54.6 Å². The van der Waals surface area contributed by atoms with Crippen LogP contribution in [0.15, 0.2) is 54.6 Å². The Morgan fingerprint density at radius 1 is 1.11 bits per heavy atom. The molecule has 0 spiro atoms. The lowest BCUT2D eigenvalue weighted by atomic mass is 9.75. The lowest BCUT2D eigenvalue weighted by Gasteiger charge is -2.38. The van der Waals surface area contributed by atoms with Gasteiger partial charge in [-0.1, -0.05) is 54.6 Å². The number of fused-ring (bicyclic) bond motifs is 1. The third-order valence-corrected chi connectivity index (χ3v) is 4.85. The van der Waals surface area contributed by atoms with Gasteiger partial charge < -0.3 is 19.9 Å². The van der Waals surface area contributed by atoms with E-state index in [-0.39, 0.29) is 32.1 Å². The minimum absolute atomic E-state index is 0.158. The van der Waals surface area contributed by atoms with E-state index in [4.69, 9.17) is 9.47 Å². The number of nitrogens with one attached hydrogen (secondary N) is 1. The number of aliphatic hydroxyl groups is 1. The van der Waals surface area contributed by atoms with Crippen LogP contribution in [0.1, 0.15) is 36.5 Å². The molecule has 0 saturated heterocycles. The minimum atomic E-state index is -1.39. The molecule has 0 heterocycles. The van der Waals surface area contributed by atoms with Gasteiger partial charge in [0.25, 0.3) is 0 Å². The first-order valence-corrected chi connectivity index (χ1v) is 9.44. The van der Waals surface area contributed by atoms with Gasteiger partial charge >= 0.3 is 12.1 Å². The number of benzene rings is 2. The summed E-state index contributed by atoms with van der Waals surface area (Å²) < 4.78 is 10.3. The van der Waals surface area contributed by atoms with Crippen molar-refractivity contribution in [2.24, 2.45) is 0 Å². The van der Waals surface area contributed by atoms with E-state index in [9.17, 15) is 14.7 Å². The summed E-state index contributed by atoms with van der Waals surface area (Å²) in [4.78, 5) is 24.2. The summed E-state index contributed by atoms with van der Waals surface area (Å²) in [6.45, 7) is 2.15. The van der Waals surface area contributed by atoms with Gasteiger partial charge in [-0.2, -0.15) is 0 Å². The highest BCUT2D eigenvalue weighted by molar-refractivity contribution is 5.72. The van der Waals surface area contributed by atoms with Gasteiger partial charge in [0.15, 0.2) is 0 Å². The summed E-state index contributed by atoms with van der Waals surface area (Å²) in [6, 6.07) is 16.5. The predicted molar refractivity (Wildman–Crippen MR) is 103 cm³/mol. The molecule has 0 saturated carbocycles. The molecule has 0 bridgehead atoms. The number of alkyl carbamates (subject to hydrolysis) is 1. The van der Waals surface area contributed by atoms with Crippen molar-refractivity contribution in [1.82, 2.24) is 5.32 Å². The fourth-order valence-electron chi connectivity index (χ4n) is 3.66. The summed E-state index contributed by atoms with van der Waals surface area (Å²) in [6.07, 6.45) is 0.0619. The van der Waals surface area contributed by atoms with Gasteiger partial charge in [-0.15, -0.1) is 0 Å². The van der Waals surface area contributed by atoms with Crippen LogP contribution in [0.4, 0.5) is 4.79 Å². The average Bonchev–Trinajstić information content (AvgIpc) is 2.67. The molecule has 3 rings (SSSR count). The third kappa shape index (κ3) is 4.89. The Labute approximate surface area is 164 Å². The third-order valence-electron chi connectivity index (χ3n) is 4.85. The predicted octanol–water partition coefficient (Wildman–Crippen LogP) is 3.07. The standard InChI is InChI=1S/C22H25NO5/c1-2-27-20(24)14-22(26)13-18(12-17-10-6-7-11-19(17)22)23-21(25)28-15-16-8-4-3-5-9-16/h3-11,18,26H,2,12-15H2,1H3,(H,23,25)/t18-,22-/m0/s1. The van der Waals surface area contributed by atoms with Crippen molar-refractivity contribution in [3.8, 4) is 0 Å². The summed E-state index contributed by atoms with van der Waals surface area (Å²) in [5.41, 5.74) is 1.11. The van der Waals surface area contributed by atoms with E-state index >= 15 is 0 Å². The molecule has 2 aromatic carbocycles. The summed E-state index contributed by atoms with van der Waals surface area (Å²) in [5.74, 6) is -0.466. The van der Waals surface area contributed by atoms with Gasteiger partial charge in [-0.3, -0.25) is 4.79 Å². The minimum Gasteiger partial charge on any atom is -0.466 e. The van der Waals surface area contributed by atoms with Crippen LogP contribution in [0.25, 0.3) is 0 Å². The fourth-order valence-corrected chi connectivity index (χ4v) is 3.66. The number of rotatable bonds is 6.